The van der Waals surface area contributed by atoms with Gasteiger partial charge in [-0.05, 0) is 48.4 Å². The normalized spacial score (nSPS) is 19.0. The van der Waals surface area contributed by atoms with Crippen LogP contribution in [-0.4, -0.2) is 41.0 Å². The molecule has 2 heterocycles. The Bertz CT molecular complexity index is 1150. The highest BCUT2D eigenvalue weighted by molar-refractivity contribution is 8.00. The molecule has 1 N–H and O–H groups in total. The molecule has 0 aromatic heterocycles. The van der Waals surface area contributed by atoms with E-state index in [0.717, 1.165) is 19.4 Å². The van der Waals surface area contributed by atoms with Crippen LogP contribution in [0.4, 0.5) is 11.4 Å². The molecule has 0 aliphatic carbocycles. The second-order valence-corrected chi connectivity index (χ2v) is 9.16. The first-order valence-corrected chi connectivity index (χ1v) is 11.7. The van der Waals surface area contributed by atoms with Crippen molar-refractivity contribution in [2.45, 2.75) is 23.1 Å². The summed E-state index contributed by atoms with van der Waals surface area (Å²) in [6.07, 6.45) is 4.12. The van der Waals surface area contributed by atoms with E-state index in [1.165, 1.54) is 38.7 Å². The maximum atomic E-state index is 9.44. The van der Waals surface area contributed by atoms with Gasteiger partial charge >= 0.3 is 0 Å². The molecule has 0 saturated carbocycles. The number of fused-ring (bicyclic) bond motifs is 2. The number of hydrogen-bond acceptors (Lipinski definition) is 3. The summed E-state index contributed by atoms with van der Waals surface area (Å²) in [6, 6.07) is 28.0. The SMILES string of the molecule is C[N+]1=C(c2ccccc2)CC(=CC2Sc3ccccc3N2CCCO)c2ccccc21. The summed E-state index contributed by atoms with van der Waals surface area (Å²) < 4.78 is 2.34. The lowest BCUT2D eigenvalue weighted by Crippen LogP contribution is -2.30. The molecule has 0 spiro atoms. The first-order valence-electron chi connectivity index (χ1n) is 10.8. The van der Waals surface area contributed by atoms with Crippen molar-refractivity contribution in [1.29, 1.82) is 0 Å². The molecule has 31 heavy (non-hydrogen) atoms. The standard InChI is InChI=1S/C27H27N2OS/c1-28-23-13-6-5-12-22(23)21(18-25(28)20-10-3-2-4-11-20)19-27-29(16-9-17-30)24-14-7-8-15-26(24)31-27/h2-8,10-15,19,27,30H,9,16-18H2,1H3/q+1. The molecule has 2 aliphatic heterocycles. The molecular formula is C27H27N2OS+. The lowest BCUT2D eigenvalue weighted by atomic mass is 9.91. The Morgan fingerprint density at radius 2 is 1.74 bits per heavy atom. The van der Waals surface area contributed by atoms with E-state index >= 15 is 0 Å². The molecule has 0 fully saturated rings. The second kappa shape index (κ2) is 8.74. The number of nitrogens with zero attached hydrogens (tertiary/aromatic N) is 2. The molecule has 0 saturated heterocycles. The Balaban J connectivity index is 1.57. The van der Waals surface area contributed by atoms with Crippen LogP contribution in [0, 0.1) is 0 Å². The van der Waals surface area contributed by atoms with E-state index in [4.69, 9.17) is 0 Å². The second-order valence-electron chi connectivity index (χ2n) is 8.00. The summed E-state index contributed by atoms with van der Waals surface area (Å²) in [5.41, 5.74) is 7.80. The summed E-state index contributed by atoms with van der Waals surface area (Å²) in [4.78, 5) is 3.75. The molecule has 5 rings (SSSR count). The van der Waals surface area contributed by atoms with Crippen LogP contribution < -0.4 is 4.90 Å². The van der Waals surface area contributed by atoms with Crippen molar-refractivity contribution >= 4 is 34.4 Å². The highest BCUT2D eigenvalue weighted by atomic mass is 32.2. The van der Waals surface area contributed by atoms with Crippen LogP contribution in [0.3, 0.4) is 0 Å². The van der Waals surface area contributed by atoms with E-state index < -0.39 is 0 Å². The summed E-state index contributed by atoms with van der Waals surface area (Å²) in [5, 5.41) is 9.67. The molecule has 0 radical (unpaired) electrons. The van der Waals surface area contributed by atoms with Crippen LogP contribution in [0.2, 0.25) is 0 Å². The highest BCUT2D eigenvalue weighted by Gasteiger charge is 2.32. The van der Waals surface area contributed by atoms with Crippen molar-refractivity contribution in [2.75, 3.05) is 25.1 Å². The van der Waals surface area contributed by atoms with Crippen LogP contribution in [-0.2, 0) is 0 Å². The monoisotopic (exact) mass is 427 g/mol. The number of thioether (sulfide) groups is 1. The number of aliphatic hydroxyl groups is 1. The molecule has 2 aliphatic rings. The minimum atomic E-state index is 0.214. The maximum absolute atomic E-state index is 9.44. The van der Waals surface area contributed by atoms with Crippen LogP contribution in [0.15, 0.2) is 89.8 Å². The average molecular weight is 428 g/mol. The van der Waals surface area contributed by atoms with Crippen LogP contribution in [0.1, 0.15) is 24.0 Å². The summed E-state index contributed by atoms with van der Waals surface area (Å²) in [5.74, 6) is 0. The molecule has 4 heteroatoms. The fourth-order valence-electron chi connectivity index (χ4n) is 4.56. The fourth-order valence-corrected chi connectivity index (χ4v) is 5.86. The molecule has 1 unspecified atom stereocenters. The van der Waals surface area contributed by atoms with Gasteiger partial charge in [0.05, 0.1) is 17.5 Å². The van der Waals surface area contributed by atoms with Crippen molar-refractivity contribution in [3.63, 3.8) is 0 Å². The Kier molecular flexibility index (Phi) is 5.66. The lowest BCUT2D eigenvalue weighted by Gasteiger charge is -2.26. The van der Waals surface area contributed by atoms with Gasteiger partial charge in [-0.25, -0.2) is 0 Å². The van der Waals surface area contributed by atoms with Crippen LogP contribution in [0.25, 0.3) is 5.57 Å². The van der Waals surface area contributed by atoms with Crippen LogP contribution in [0.5, 0.6) is 0 Å². The maximum Gasteiger partial charge on any atom is 0.212 e. The fraction of sp³-hybridized carbons (Fsp3) is 0.222. The van der Waals surface area contributed by atoms with Crippen LogP contribution >= 0.6 is 11.8 Å². The number of hydrogen-bond donors (Lipinski definition) is 1. The molecule has 0 amide bonds. The Hall–Kier alpha value is -2.82. The highest BCUT2D eigenvalue weighted by Crippen LogP contribution is 2.45. The van der Waals surface area contributed by atoms with Gasteiger partial charge in [-0.3, -0.25) is 0 Å². The van der Waals surface area contributed by atoms with Gasteiger partial charge in [-0.1, -0.05) is 54.2 Å². The van der Waals surface area contributed by atoms with Gasteiger partial charge in [0, 0.05) is 35.2 Å². The molecule has 3 aromatic rings. The smallest absolute Gasteiger partial charge is 0.212 e. The predicted molar refractivity (Wildman–Crippen MR) is 131 cm³/mol. The zero-order chi connectivity index (χ0) is 21.2. The van der Waals surface area contributed by atoms with Crippen molar-refractivity contribution in [2.24, 2.45) is 0 Å². The van der Waals surface area contributed by atoms with E-state index in [2.05, 4.69) is 101 Å². The first kappa shape index (κ1) is 20.1. The molecule has 3 aromatic carbocycles. The van der Waals surface area contributed by atoms with E-state index in [0.29, 0.717) is 0 Å². The predicted octanol–water partition coefficient (Wildman–Crippen LogP) is 5.56. The van der Waals surface area contributed by atoms with Crippen molar-refractivity contribution in [3.8, 4) is 0 Å². The Labute approximate surface area is 188 Å². The largest absolute Gasteiger partial charge is 0.396 e. The quantitative estimate of drug-likeness (QED) is 0.540. The van der Waals surface area contributed by atoms with Gasteiger partial charge in [-0.2, -0.15) is 4.58 Å². The van der Waals surface area contributed by atoms with E-state index in [1.54, 1.807) is 0 Å². The number of aliphatic hydroxyl groups excluding tert-OH is 1. The van der Waals surface area contributed by atoms with Gasteiger partial charge in [-0.15, -0.1) is 0 Å². The van der Waals surface area contributed by atoms with E-state index in [9.17, 15) is 5.11 Å². The van der Waals surface area contributed by atoms with Gasteiger partial charge in [0.1, 0.15) is 7.05 Å². The summed E-state index contributed by atoms with van der Waals surface area (Å²) in [7, 11) is 2.17. The van der Waals surface area contributed by atoms with E-state index in [1.807, 2.05) is 11.8 Å². The van der Waals surface area contributed by atoms with Gasteiger partial charge in [0.2, 0.25) is 5.69 Å². The average Bonchev–Trinajstić information content (AvgIpc) is 3.17. The van der Waals surface area contributed by atoms with Crippen molar-refractivity contribution < 1.29 is 9.68 Å². The molecule has 156 valence electrons. The first-order chi connectivity index (χ1) is 15.3. The molecule has 0 bridgehead atoms. The third kappa shape index (κ3) is 3.82. The number of anilines is 1. The molecular weight excluding hydrogens is 400 g/mol. The third-order valence-corrected chi connectivity index (χ3v) is 7.34. The van der Waals surface area contributed by atoms with Gasteiger partial charge in [0.25, 0.3) is 0 Å². The van der Waals surface area contributed by atoms with E-state index in [-0.39, 0.29) is 12.0 Å². The van der Waals surface area contributed by atoms with Crippen molar-refractivity contribution in [3.05, 3.63) is 96.1 Å². The molecule has 3 nitrogen and oxygen atoms in total. The zero-order valence-corrected chi connectivity index (χ0v) is 18.6. The minimum Gasteiger partial charge on any atom is -0.396 e. The van der Waals surface area contributed by atoms with Gasteiger partial charge in [0.15, 0.2) is 5.71 Å². The molecule has 1 atom stereocenters. The number of rotatable bonds is 5. The number of benzene rings is 3. The zero-order valence-electron chi connectivity index (χ0n) is 17.7. The summed E-state index contributed by atoms with van der Waals surface area (Å²) >= 11 is 1.91. The minimum absolute atomic E-state index is 0.214. The van der Waals surface area contributed by atoms with Crippen molar-refractivity contribution in [1.82, 2.24) is 0 Å². The lowest BCUT2D eigenvalue weighted by molar-refractivity contribution is -0.406. The van der Waals surface area contributed by atoms with Gasteiger partial charge < -0.3 is 10.0 Å². The Morgan fingerprint density at radius 3 is 2.58 bits per heavy atom. The number of para-hydroxylation sites is 2. The topological polar surface area (TPSA) is 26.5 Å². The Morgan fingerprint density at radius 1 is 1.00 bits per heavy atom. The summed E-state index contributed by atoms with van der Waals surface area (Å²) in [6.45, 7) is 1.07. The third-order valence-electron chi connectivity index (χ3n) is 6.11. The number of allylic oxidation sites excluding steroid dienone is 1.